The van der Waals surface area contributed by atoms with Gasteiger partial charge in [0, 0.05) is 32.8 Å². The predicted octanol–water partition coefficient (Wildman–Crippen LogP) is 7.62. The lowest BCUT2D eigenvalue weighted by atomic mass is 10.1. The van der Waals surface area contributed by atoms with Crippen LogP contribution in [0.5, 0.6) is 0 Å². The predicted molar refractivity (Wildman–Crippen MR) is 136 cm³/mol. The minimum absolute atomic E-state index is 0.411. The van der Waals surface area contributed by atoms with Gasteiger partial charge in [-0.15, -0.1) is 0 Å². The maximum Gasteiger partial charge on any atom is 0.141 e. The Morgan fingerprint density at radius 1 is 0.676 bits per heavy atom. The van der Waals surface area contributed by atoms with Crippen LogP contribution in [0.4, 0.5) is 0 Å². The summed E-state index contributed by atoms with van der Waals surface area (Å²) in [4.78, 5) is 4.49. The van der Waals surface area contributed by atoms with Crippen molar-refractivity contribution in [3.05, 3.63) is 109 Å². The first kappa shape index (κ1) is 18.7. The molecule has 0 bridgehead atoms. The number of aromatic nitrogens is 2. The average molecular weight is 435 g/mol. The SMILES string of the molecule is N#Cc1cccc(-c2cccc(-n3c4ccccc4c4c5c(ccc43)oc3ccccc35)c2)n1. The van der Waals surface area contributed by atoms with Gasteiger partial charge in [-0.05, 0) is 48.5 Å². The van der Waals surface area contributed by atoms with Gasteiger partial charge in [0.1, 0.15) is 22.9 Å². The second kappa shape index (κ2) is 7.06. The van der Waals surface area contributed by atoms with E-state index in [1.54, 1.807) is 6.07 Å². The lowest BCUT2D eigenvalue weighted by molar-refractivity contribution is 0.669. The van der Waals surface area contributed by atoms with Crippen LogP contribution >= 0.6 is 0 Å². The number of nitrogens with zero attached hydrogens (tertiary/aromatic N) is 3. The van der Waals surface area contributed by atoms with E-state index in [1.165, 1.54) is 10.8 Å². The number of furan rings is 1. The normalized spacial score (nSPS) is 11.5. The summed E-state index contributed by atoms with van der Waals surface area (Å²) < 4.78 is 8.47. The van der Waals surface area contributed by atoms with Gasteiger partial charge >= 0.3 is 0 Å². The summed E-state index contributed by atoms with van der Waals surface area (Å²) in [7, 11) is 0. The van der Waals surface area contributed by atoms with Gasteiger partial charge in [0.2, 0.25) is 0 Å². The van der Waals surface area contributed by atoms with E-state index in [4.69, 9.17) is 4.42 Å². The number of benzene rings is 4. The van der Waals surface area contributed by atoms with Gasteiger partial charge in [0.05, 0.1) is 16.7 Å². The molecule has 4 aromatic carbocycles. The smallest absolute Gasteiger partial charge is 0.141 e. The van der Waals surface area contributed by atoms with Gasteiger partial charge in [-0.25, -0.2) is 4.98 Å². The molecule has 0 unspecified atom stereocenters. The first-order valence-corrected chi connectivity index (χ1v) is 11.1. The van der Waals surface area contributed by atoms with Crippen molar-refractivity contribution in [2.24, 2.45) is 0 Å². The van der Waals surface area contributed by atoms with Crippen LogP contribution in [-0.2, 0) is 0 Å². The lowest BCUT2D eigenvalue weighted by Crippen LogP contribution is -1.95. The van der Waals surface area contributed by atoms with Crippen molar-refractivity contribution >= 4 is 43.7 Å². The van der Waals surface area contributed by atoms with E-state index in [-0.39, 0.29) is 0 Å². The maximum atomic E-state index is 9.27. The van der Waals surface area contributed by atoms with Crippen molar-refractivity contribution in [2.45, 2.75) is 0 Å². The Morgan fingerprint density at radius 3 is 2.41 bits per heavy atom. The van der Waals surface area contributed by atoms with Crippen molar-refractivity contribution in [3.8, 4) is 23.0 Å². The third-order valence-corrected chi connectivity index (χ3v) is 6.44. The quantitative estimate of drug-likeness (QED) is 0.281. The fourth-order valence-electron chi connectivity index (χ4n) is 5.01. The van der Waals surface area contributed by atoms with Crippen molar-refractivity contribution in [1.82, 2.24) is 9.55 Å². The number of rotatable bonds is 2. The van der Waals surface area contributed by atoms with E-state index in [9.17, 15) is 5.26 Å². The molecule has 7 rings (SSSR count). The Balaban J connectivity index is 1.57. The maximum absolute atomic E-state index is 9.27. The highest BCUT2D eigenvalue weighted by Crippen LogP contribution is 2.41. The van der Waals surface area contributed by atoms with Gasteiger partial charge in [-0.2, -0.15) is 5.26 Å². The number of nitriles is 1. The number of hydrogen-bond donors (Lipinski definition) is 0. The highest BCUT2D eigenvalue weighted by molar-refractivity contribution is 6.27. The van der Waals surface area contributed by atoms with E-state index in [0.717, 1.165) is 49.9 Å². The summed E-state index contributed by atoms with van der Waals surface area (Å²) in [5.41, 5.74) is 7.24. The molecule has 0 amide bonds. The van der Waals surface area contributed by atoms with Crippen LogP contribution in [-0.4, -0.2) is 9.55 Å². The molecular weight excluding hydrogens is 418 g/mol. The summed E-state index contributed by atoms with van der Waals surface area (Å²) >= 11 is 0. The van der Waals surface area contributed by atoms with Gasteiger partial charge in [0.25, 0.3) is 0 Å². The number of fused-ring (bicyclic) bond motifs is 7. The molecule has 0 N–H and O–H groups in total. The molecule has 0 aliphatic heterocycles. The Hall–Kier alpha value is -4.88. The zero-order valence-electron chi connectivity index (χ0n) is 18.1. The summed E-state index contributed by atoms with van der Waals surface area (Å²) in [6.45, 7) is 0. The van der Waals surface area contributed by atoms with Crippen molar-refractivity contribution in [2.75, 3.05) is 0 Å². The molecule has 158 valence electrons. The minimum atomic E-state index is 0.411. The second-order valence-corrected chi connectivity index (χ2v) is 8.35. The van der Waals surface area contributed by atoms with Crippen LogP contribution in [0.25, 0.3) is 60.7 Å². The first-order chi connectivity index (χ1) is 16.8. The first-order valence-electron chi connectivity index (χ1n) is 11.1. The van der Waals surface area contributed by atoms with Crippen molar-refractivity contribution in [3.63, 3.8) is 0 Å². The molecule has 7 aromatic rings. The molecule has 4 nitrogen and oxygen atoms in total. The molecule has 0 radical (unpaired) electrons. The Morgan fingerprint density at radius 2 is 1.50 bits per heavy atom. The lowest BCUT2D eigenvalue weighted by Gasteiger charge is -2.10. The van der Waals surface area contributed by atoms with E-state index >= 15 is 0 Å². The van der Waals surface area contributed by atoms with Gasteiger partial charge in [-0.1, -0.05) is 54.6 Å². The highest BCUT2D eigenvalue weighted by Gasteiger charge is 2.18. The van der Waals surface area contributed by atoms with Crippen LogP contribution in [0.3, 0.4) is 0 Å². The zero-order valence-corrected chi connectivity index (χ0v) is 18.1. The molecule has 4 heteroatoms. The summed E-state index contributed by atoms with van der Waals surface area (Å²) in [6, 6.07) is 36.9. The summed E-state index contributed by atoms with van der Waals surface area (Å²) in [5.74, 6) is 0. The van der Waals surface area contributed by atoms with Crippen molar-refractivity contribution in [1.29, 1.82) is 5.26 Å². The Labute approximate surface area is 194 Å². The summed E-state index contributed by atoms with van der Waals surface area (Å²) in [5, 5.41) is 13.9. The number of para-hydroxylation sites is 2. The largest absolute Gasteiger partial charge is 0.456 e. The van der Waals surface area contributed by atoms with Crippen LogP contribution in [0.15, 0.2) is 108 Å². The molecule has 3 heterocycles. The minimum Gasteiger partial charge on any atom is -0.456 e. The van der Waals surface area contributed by atoms with Crippen LogP contribution < -0.4 is 0 Å². The van der Waals surface area contributed by atoms with Crippen LogP contribution in [0.1, 0.15) is 5.69 Å². The fraction of sp³-hybridized carbons (Fsp3) is 0. The topological polar surface area (TPSA) is 54.8 Å². The molecule has 0 atom stereocenters. The van der Waals surface area contributed by atoms with Gasteiger partial charge < -0.3 is 8.98 Å². The number of pyridine rings is 1. The molecule has 0 aliphatic carbocycles. The van der Waals surface area contributed by atoms with Gasteiger partial charge in [-0.3, -0.25) is 0 Å². The molecule has 3 aromatic heterocycles. The molecule has 0 aliphatic rings. The van der Waals surface area contributed by atoms with E-state index in [2.05, 4.69) is 76.3 Å². The van der Waals surface area contributed by atoms with Gasteiger partial charge in [0.15, 0.2) is 0 Å². The average Bonchev–Trinajstić information content (AvgIpc) is 3.44. The van der Waals surface area contributed by atoms with Crippen LogP contribution in [0.2, 0.25) is 0 Å². The third-order valence-electron chi connectivity index (χ3n) is 6.44. The molecule has 0 spiro atoms. The molecular formula is C30H17N3O. The standard InChI is InChI=1S/C30H17N3O/c31-18-20-8-6-12-24(32-20)19-7-5-9-21(17-19)33-25-13-3-1-10-22(25)29-26(33)15-16-28-30(29)23-11-2-4-14-27(23)34-28/h1-17H. The van der Waals surface area contributed by atoms with E-state index < -0.39 is 0 Å². The molecule has 34 heavy (non-hydrogen) atoms. The highest BCUT2D eigenvalue weighted by atomic mass is 16.3. The summed E-state index contributed by atoms with van der Waals surface area (Å²) in [6.07, 6.45) is 0. The van der Waals surface area contributed by atoms with Crippen LogP contribution in [0, 0.1) is 11.3 Å². The fourth-order valence-corrected chi connectivity index (χ4v) is 5.01. The second-order valence-electron chi connectivity index (χ2n) is 8.35. The van der Waals surface area contributed by atoms with Crippen molar-refractivity contribution < 1.29 is 4.42 Å². The Bertz CT molecular complexity index is 1930. The van der Waals surface area contributed by atoms with E-state index in [1.807, 2.05) is 36.4 Å². The monoisotopic (exact) mass is 435 g/mol. The zero-order chi connectivity index (χ0) is 22.6. The Kier molecular flexibility index (Phi) is 3.88. The third kappa shape index (κ3) is 2.61. The molecule has 0 saturated carbocycles. The number of hydrogen-bond acceptors (Lipinski definition) is 3. The molecule has 0 fully saturated rings. The van der Waals surface area contributed by atoms with E-state index in [0.29, 0.717) is 5.69 Å². The molecule has 0 saturated heterocycles.